The molecule has 2 N–H and O–H groups in total. The highest BCUT2D eigenvalue weighted by Gasteiger charge is 2.22. The van der Waals surface area contributed by atoms with Crippen molar-refractivity contribution in [3.8, 4) is 5.75 Å². The molecule has 6 nitrogen and oxygen atoms in total. The lowest BCUT2D eigenvalue weighted by atomic mass is 10.1. The van der Waals surface area contributed by atoms with Gasteiger partial charge in [-0.15, -0.1) is 0 Å². The molecule has 0 bridgehead atoms. The predicted molar refractivity (Wildman–Crippen MR) is 97.4 cm³/mol. The van der Waals surface area contributed by atoms with E-state index in [0.29, 0.717) is 22.4 Å². The van der Waals surface area contributed by atoms with Crippen LogP contribution in [0.5, 0.6) is 5.75 Å². The van der Waals surface area contributed by atoms with E-state index in [1.54, 1.807) is 31.2 Å². The van der Waals surface area contributed by atoms with Crippen molar-refractivity contribution in [2.75, 3.05) is 11.9 Å². The van der Waals surface area contributed by atoms with Crippen molar-refractivity contribution in [3.05, 3.63) is 59.1 Å². The Labute approximate surface area is 154 Å². The molecule has 0 aliphatic carbocycles. The summed E-state index contributed by atoms with van der Waals surface area (Å²) in [6, 6.07) is 9.53. The van der Waals surface area contributed by atoms with E-state index < -0.39 is 11.7 Å². The maximum Gasteiger partial charge on any atom is 0.287 e. The summed E-state index contributed by atoms with van der Waals surface area (Å²) in [6.07, 6.45) is 0. The molecule has 138 valence electrons. The van der Waals surface area contributed by atoms with Crippen LogP contribution in [0.3, 0.4) is 0 Å². The van der Waals surface area contributed by atoms with Gasteiger partial charge in [0.15, 0.2) is 23.8 Å². The molecule has 0 radical (unpaired) electrons. The minimum atomic E-state index is -0.506. The zero-order valence-corrected chi connectivity index (χ0v) is 14.8. The summed E-state index contributed by atoms with van der Waals surface area (Å²) in [5.74, 6) is -0.505. The molecule has 1 atom stereocenters. The van der Waals surface area contributed by atoms with Crippen LogP contribution < -0.4 is 15.4 Å². The molecular formula is C20H17FN2O4. The van der Waals surface area contributed by atoms with Crippen LogP contribution >= 0.6 is 0 Å². The van der Waals surface area contributed by atoms with Gasteiger partial charge in [-0.2, -0.15) is 0 Å². The zero-order chi connectivity index (χ0) is 19.1. The van der Waals surface area contributed by atoms with E-state index in [0.717, 1.165) is 5.56 Å². The lowest BCUT2D eigenvalue weighted by molar-refractivity contribution is -0.118. The van der Waals surface area contributed by atoms with E-state index in [9.17, 15) is 14.0 Å². The van der Waals surface area contributed by atoms with Gasteiger partial charge in [0.05, 0.1) is 11.7 Å². The first-order valence-electron chi connectivity index (χ1n) is 8.49. The molecule has 0 saturated heterocycles. The lowest BCUT2D eigenvalue weighted by Gasteiger charge is -2.20. The number of anilines is 1. The first-order chi connectivity index (χ1) is 12.9. The zero-order valence-electron chi connectivity index (χ0n) is 14.8. The third kappa shape index (κ3) is 3.01. The average Bonchev–Trinajstić information content (AvgIpc) is 2.99. The van der Waals surface area contributed by atoms with Crippen LogP contribution in [0.15, 0.2) is 40.8 Å². The molecular weight excluding hydrogens is 351 g/mol. The van der Waals surface area contributed by atoms with Crippen LogP contribution in [0.2, 0.25) is 0 Å². The maximum atomic E-state index is 13.9. The minimum absolute atomic E-state index is 0.0134. The summed E-state index contributed by atoms with van der Waals surface area (Å²) in [5.41, 5.74) is 2.00. The van der Waals surface area contributed by atoms with Gasteiger partial charge in [-0.3, -0.25) is 9.59 Å². The molecule has 1 unspecified atom stereocenters. The number of aryl methyl sites for hydroxylation is 1. The largest absolute Gasteiger partial charge is 0.482 e. The molecule has 1 aliphatic heterocycles. The lowest BCUT2D eigenvalue weighted by Crippen LogP contribution is -2.28. The minimum Gasteiger partial charge on any atom is -0.482 e. The Bertz CT molecular complexity index is 1070. The van der Waals surface area contributed by atoms with E-state index in [2.05, 4.69) is 10.6 Å². The third-order valence-corrected chi connectivity index (χ3v) is 4.61. The van der Waals surface area contributed by atoms with E-state index in [1.807, 2.05) is 13.0 Å². The van der Waals surface area contributed by atoms with Crippen LogP contribution in [0.4, 0.5) is 10.1 Å². The second-order valence-corrected chi connectivity index (χ2v) is 6.46. The normalized spacial score (nSPS) is 14.3. The number of furan rings is 1. The second kappa shape index (κ2) is 6.42. The van der Waals surface area contributed by atoms with Crippen LogP contribution in [0.25, 0.3) is 11.0 Å². The van der Waals surface area contributed by atoms with E-state index >= 15 is 0 Å². The highest BCUT2D eigenvalue weighted by atomic mass is 19.1. The quantitative estimate of drug-likeness (QED) is 0.739. The Morgan fingerprint density at radius 3 is 2.89 bits per heavy atom. The van der Waals surface area contributed by atoms with E-state index in [-0.39, 0.29) is 29.9 Å². The predicted octanol–water partition coefficient (Wildman–Crippen LogP) is 3.70. The van der Waals surface area contributed by atoms with Gasteiger partial charge in [-0.1, -0.05) is 18.2 Å². The van der Waals surface area contributed by atoms with Gasteiger partial charge in [-0.25, -0.2) is 4.39 Å². The fourth-order valence-electron chi connectivity index (χ4n) is 3.14. The maximum absolute atomic E-state index is 13.9. The highest BCUT2D eigenvalue weighted by Crippen LogP contribution is 2.31. The second-order valence-electron chi connectivity index (χ2n) is 6.46. The first-order valence-corrected chi connectivity index (χ1v) is 8.49. The molecule has 2 heterocycles. The Kier molecular flexibility index (Phi) is 4.07. The van der Waals surface area contributed by atoms with Gasteiger partial charge in [0.25, 0.3) is 11.8 Å². The fourth-order valence-corrected chi connectivity index (χ4v) is 3.14. The number of hydrogen-bond donors (Lipinski definition) is 2. The summed E-state index contributed by atoms with van der Waals surface area (Å²) < 4.78 is 24.7. The van der Waals surface area contributed by atoms with Crippen molar-refractivity contribution in [2.24, 2.45) is 0 Å². The summed E-state index contributed by atoms with van der Waals surface area (Å²) >= 11 is 0. The number of nitrogens with one attached hydrogen (secondary N) is 2. The molecule has 4 rings (SSSR count). The van der Waals surface area contributed by atoms with Crippen LogP contribution in [0.1, 0.15) is 34.6 Å². The summed E-state index contributed by atoms with van der Waals surface area (Å²) in [4.78, 5) is 24.1. The Balaban J connectivity index is 1.58. The Hall–Kier alpha value is -3.35. The standard InChI is InChI=1S/C20H17FN2O4/c1-10-13-4-3-5-14(21)19(13)27-18(10)20(25)22-11(2)12-6-7-16-15(8-12)23-17(24)9-26-16/h3-8,11H,9H2,1-2H3,(H,22,25)(H,23,24). The smallest absolute Gasteiger partial charge is 0.287 e. The number of carbonyl (C=O) groups is 2. The molecule has 1 aromatic heterocycles. The van der Waals surface area contributed by atoms with E-state index in [4.69, 9.17) is 9.15 Å². The first kappa shape index (κ1) is 17.1. The van der Waals surface area contributed by atoms with Gasteiger partial charge >= 0.3 is 0 Å². The van der Waals surface area contributed by atoms with Crippen LogP contribution in [-0.2, 0) is 4.79 Å². The van der Waals surface area contributed by atoms with Crippen molar-refractivity contribution in [3.63, 3.8) is 0 Å². The number of para-hydroxylation sites is 1. The molecule has 0 saturated carbocycles. The number of hydrogen-bond acceptors (Lipinski definition) is 4. The van der Waals surface area contributed by atoms with Gasteiger partial charge in [0, 0.05) is 10.9 Å². The van der Waals surface area contributed by atoms with Gasteiger partial charge in [-0.05, 0) is 37.6 Å². The van der Waals surface area contributed by atoms with Crippen LogP contribution in [-0.4, -0.2) is 18.4 Å². The highest BCUT2D eigenvalue weighted by molar-refractivity contribution is 5.99. The van der Waals surface area contributed by atoms with Crippen LogP contribution in [0, 0.1) is 12.7 Å². The number of fused-ring (bicyclic) bond motifs is 2. The molecule has 3 aromatic rings. The number of ether oxygens (including phenoxy) is 1. The number of benzene rings is 2. The summed E-state index contributed by atoms with van der Waals surface area (Å²) in [6.45, 7) is 3.51. The van der Waals surface area contributed by atoms with Gasteiger partial charge in [0.1, 0.15) is 5.75 Å². The fraction of sp³-hybridized carbons (Fsp3) is 0.200. The summed E-state index contributed by atoms with van der Waals surface area (Å²) in [5, 5.41) is 6.15. The number of amides is 2. The molecule has 7 heteroatoms. The van der Waals surface area contributed by atoms with Gasteiger partial charge < -0.3 is 19.8 Å². The third-order valence-electron chi connectivity index (χ3n) is 4.61. The van der Waals surface area contributed by atoms with Crippen molar-refractivity contribution < 1.29 is 23.1 Å². The molecule has 1 aliphatic rings. The molecule has 2 amide bonds. The number of halogens is 1. The molecule has 0 fully saturated rings. The molecule has 27 heavy (non-hydrogen) atoms. The van der Waals surface area contributed by atoms with Crippen molar-refractivity contribution in [1.29, 1.82) is 0 Å². The number of rotatable bonds is 3. The summed E-state index contributed by atoms with van der Waals surface area (Å²) in [7, 11) is 0. The van der Waals surface area contributed by atoms with E-state index in [1.165, 1.54) is 6.07 Å². The molecule has 0 spiro atoms. The molecule has 2 aromatic carbocycles. The topological polar surface area (TPSA) is 80.6 Å². The average molecular weight is 368 g/mol. The number of carbonyl (C=O) groups excluding carboxylic acids is 2. The van der Waals surface area contributed by atoms with Crippen molar-refractivity contribution >= 4 is 28.5 Å². The Morgan fingerprint density at radius 1 is 1.30 bits per heavy atom. The monoisotopic (exact) mass is 368 g/mol. The van der Waals surface area contributed by atoms with Crippen molar-refractivity contribution in [2.45, 2.75) is 19.9 Å². The SMILES string of the molecule is Cc1c(C(=O)NC(C)c2ccc3c(c2)NC(=O)CO3)oc2c(F)cccc12. The Morgan fingerprint density at radius 2 is 2.11 bits per heavy atom. The van der Waals surface area contributed by atoms with Crippen molar-refractivity contribution in [1.82, 2.24) is 5.32 Å². The van der Waals surface area contributed by atoms with Gasteiger partial charge in [0.2, 0.25) is 0 Å².